The molecule has 1 unspecified atom stereocenters. The molecule has 0 saturated heterocycles. The Balaban J connectivity index is 2.45. The first-order chi connectivity index (χ1) is 15.8. The van der Waals surface area contributed by atoms with Crippen LogP contribution >= 0.6 is 23.2 Å². The number of sulfonamides is 1. The molecule has 0 fully saturated rings. The fraction of sp³-hybridized carbons (Fsp3) is 0.391. The van der Waals surface area contributed by atoms with Crippen LogP contribution in [-0.4, -0.2) is 50.0 Å². The lowest BCUT2D eigenvalue weighted by Crippen LogP contribution is -2.53. The van der Waals surface area contributed by atoms with E-state index in [-0.39, 0.29) is 40.6 Å². The predicted molar refractivity (Wildman–Crippen MR) is 133 cm³/mol. The lowest BCUT2D eigenvalue weighted by Gasteiger charge is -2.33. The van der Waals surface area contributed by atoms with E-state index in [0.29, 0.717) is 5.56 Å². The molecule has 2 aromatic carbocycles. The molecule has 34 heavy (non-hydrogen) atoms. The first kappa shape index (κ1) is 27.9. The Morgan fingerprint density at radius 3 is 2.18 bits per heavy atom. The van der Waals surface area contributed by atoms with E-state index in [0.717, 1.165) is 10.6 Å². The summed E-state index contributed by atoms with van der Waals surface area (Å²) in [5, 5.41) is 3.16. The predicted octanol–water partition coefficient (Wildman–Crippen LogP) is 4.23. The van der Waals surface area contributed by atoms with Gasteiger partial charge in [-0.15, -0.1) is 0 Å². The molecule has 1 atom stereocenters. The molecule has 0 bridgehead atoms. The number of nitrogens with zero attached hydrogens (tertiary/aromatic N) is 2. The Morgan fingerprint density at radius 2 is 1.68 bits per heavy atom. The molecule has 0 saturated carbocycles. The van der Waals surface area contributed by atoms with Crippen LogP contribution in [0.2, 0.25) is 10.0 Å². The minimum absolute atomic E-state index is 0.0118. The number of hydrogen-bond acceptors (Lipinski definition) is 4. The largest absolute Gasteiger partial charge is 0.352 e. The van der Waals surface area contributed by atoms with E-state index < -0.39 is 34.3 Å². The number of benzene rings is 2. The fourth-order valence-corrected chi connectivity index (χ4v) is 4.47. The van der Waals surface area contributed by atoms with Crippen LogP contribution in [-0.2, 0) is 26.2 Å². The Labute approximate surface area is 209 Å². The number of halogens is 3. The van der Waals surface area contributed by atoms with E-state index in [1.807, 2.05) is 0 Å². The summed E-state index contributed by atoms with van der Waals surface area (Å²) >= 11 is 12.0. The summed E-state index contributed by atoms with van der Waals surface area (Å²) in [4.78, 5) is 27.7. The van der Waals surface area contributed by atoms with Gasteiger partial charge in [0.2, 0.25) is 21.8 Å². The molecule has 11 heteroatoms. The van der Waals surface area contributed by atoms with Gasteiger partial charge in [-0.3, -0.25) is 13.9 Å². The summed E-state index contributed by atoms with van der Waals surface area (Å²) in [5.74, 6) is -1.41. The summed E-state index contributed by atoms with van der Waals surface area (Å²) in [6, 6.07) is 8.73. The molecule has 0 radical (unpaired) electrons. The van der Waals surface area contributed by atoms with Gasteiger partial charge in [-0.05, 0) is 56.2 Å². The lowest BCUT2D eigenvalue weighted by atomic mass is 10.1. The van der Waals surface area contributed by atoms with Crippen molar-refractivity contribution in [1.29, 1.82) is 0 Å². The molecule has 0 aliphatic carbocycles. The van der Waals surface area contributed by atoms with Gasteiger partial charge in [0.15, 0.2) is 0 Å². The van der Waals surface area contributed by atoms with Gasteiger partial charge in [0.1, 0.15) is 18.4 Å². The van der Waals surface area contributed by atoms with Gasteiger partial charge < -0.3 is 10.2 Å². The van der Waals surface area contributed by atoms with Gasteiger partial charge in [-0.1, -0.05) is 42.3 Å². The van der Waals surface area contributed by atoms with E-state index in [1.165, 1.54) is 47.4 Å². The summed E-state index contributed by atoms with van der Waals surface area (Å²) in [6.07, 6.45) is 1.26. The van der Waals surface area contributed by atoms with E-state index in [2.05, 4.69) is 5.32 Å². The van der Waals surface area contributed by atoms with Crippen molar-refractivity contribution in [3.63, 3.8) is 0 Å². The van der Waals surface area contributed by atoms with E-state index in [9.17, 15) is 22.4 Å². The number of carbonyl (C=O) groups is 2. The van der Waals surface area contributed by atoms with Gasteiger partial charge in [-0.25, -0.2) is 12.8 Å². The Hall–Kier alpha value is -2.36. The van der Waals surface area contributed by atoms with Crippen LogP contribution in [0.5, 0.6) is 0 Å². The molecule has 0 spiro atoms. The second-order valence-corrected chi connectivity index (χ2v) is 10.8. The van der Waals surface area contributed by atoms with Crippen molar-refractivity contribution in [2.45, 2.75) is 45.8 Å². The van der Waals surface area contributed by atoms with Crippen molar-refractivity contribution >= 4 is 50.7 Å². The normalized spacial score (nSPS) is 12.4. The molecule has 0 aliphatic rings. The lowest BCUT2D eigenvalue weighted by molar-refractivity contribution is -0.140. The average molecular weight is 532 g/mol. The molecule has 2 aromatic rings. The second kappa shape index (κ2) is 11.9. The molecule has 0 aliphatic heterocycles. The Bertz CT molecular complexity index is 1130. The molecule has 0 heterocycles. The zero-order chi connectivity index (χ0) is 25.6. The number of hydrogen-bond donors (Lipinski definition) is 1. The van der Waals surface area contributed by atoms with Crippen molar-refractivity contribution in [2.24, 2.45) is 0 Å². The third kappa shape index (κ3) is 7.58. The van der Waals surface area contributed by atoms with Crippen LogP contribution in [0.4, 0.5) is 10.1 Å². The van der Waals surface area contributed by atoms with Crippen LogP contribution in [0.15, 0.2) is 42.5 Å². The van der Waals surface area contributed by atoms with Crippen LogP contribution in [0.1, 0.15) is 32.8 Å². The van der Waals surface area contributed by atoms with Gasteiger partial charge >= 0.3 is 0 Å². The van der Waals surface area contributed by atoms with Crippen molar-refractivity contribution in [3.8, 4) is 0 Å². The molecule has 1 N–H and O–H groups in total. The highest BCUT2D eigenvalue weighted by molar-refractivity contribution is 7.92. The highest BCUT2D eigenvalue weighted by Gasteiger charge is 2.32. The van der Waals surface area contributed by atoms with Crippen molar-refractivity contribution < 1.29 is 22.4 Å². The minimum atomic E-state index is -3.89. The standard InChI is InChI=1S/C23H28Cl2FN3O4S/c1-5-21(23(31)27-15(2)3)28(13-16-6-8-17(26)9-7-16)22(30)14-29(34(4,32)33)18-10-11-19(24)20(25)12-18/h6-12,15,21H,5,13-14H2,1-4H3,(H,27,31). The van der Waals surface area contributed by atoms with Gasteiger partial charge in [0, 0.05) is 12.6 Å². The minimum Gasteiger partial charge on any atom is -0.352 e. The van der Waals surface area contributed by atoms with Crippen LogP contribution in [0, 0.1) is 5.82 Å². The molecule has 2 rings (SSSR count). The smallest absolute Gasteiger partial charge is 0.244 e. The third-order valence-corrected chi connectivity index (χ3v) is 6.83. The van der Waals surface area contributed by atoms with Crippen molar-refractivity contribution in [3.05, 3.63) is 63.9 Å². The number of amides is 2. The van der Waals surface area contributed by atoms with Gasteiger partial charge in [-0.2, -0.15) is 0 Å². The number of carbonyl (C=O) groups excluding carboxylic acids is 2. The maximum Gasteiger partial charge on any atom is 0.244 e. The zero-order valence-corrected chi connectivity index (χ0v) is 21.7. The Kier molecular flexibility index (Phi) is 9.73. The highest BCUT2D eigenvalue weighted by atomic mass is 35.5. The summed E-state index contributed by atoms with van der Waals surface area (Å²) in [6.45, 7) is 4.77. The molecular formula is C23H28Cl2FN3O4S. The maximum absolute atomic E-state index is 13.5. The van der Waals surface area contributed by atoms with Crippen LogP contribution in [0.25, 0.3) is 0 Å². The van der Waals surface area contributed by atoms with E-state index >= 15 is 0 Å². The first-order valence-corrected chi connectivity index (χ1v) is 13.2. The fourth-order valence-electron chi connectivity index (χ4n) is 3.34. The van der Waals surface area contributed by atoms with Gasteiger partial charge in [0.05, 0.1) is 22.0 Å². The number of anilines is 1. The van der Waals surface area contributed by atoms with Crippen LogP contribution in [0.3, 0.4) is 0 Å². The quantitative estimate of drug-likeness (QED) is 0.496. The molecule has 186 valence electrons. The first-order valence-electron chi connectivity index (χ1n) is 10.6. The average Bonchev–Trinajstić information content (AvgIpc) is 2.74. The molecule has 7 nitrogen and oxygen atoms in total. The summed E-state index contributed by atoms with van der Waals surface area (Å²) < 4.78 is 39.4. The SMILES string of the molecule is CCC(C(=O)NC(C)C)N(Cc1ccc(F)cc1)C(=O)CN(c1ccc(Cl)c(Cl)c1)S(C)(=O)=O. The topological polar surface area (TPSA) is 86.8 Å². The molecule has 2 amide bonds. The van der Waals surface area contributed by atoms with Crippen molar-refractivity contribution in [2.75, 3.05) is 17.1 Å². The number of rotatable bonds is 10. The van der Waals surface area contributed by atoms with Gasteiger partial charge in [0.25, 0.3) is 0 Å². The third-order valence-electron chi connectivity index (χ3n) is 4.95. The summed E-state index contributed by atoms with van der Waals surface area (Å²) in [7, 11) is -3.89. The molecule has 0 aromatic heterocycles. The highest BCUT2D eigenvalue weighted by Crippen LogP contribution is 2.28. The van der Waals surface area contributed by atoms with Crippen molar-refractivity contribution in [1.82, 2.24) is 10.2 Å². The number of nitrogens with one attached hydrogen (secondary N) is 1. The van der Waals surface area contributed by atoms with Crippen LogP contribution < -0.4 is 9.62 Å². The zero-order valence-electron chi connectivity index (χ0n) is 19.4. The van der Waals surface area contributed by atoms with E-state index in [4.69, 9.17) is 23.2 Å². The Morgan fingerprint density at radius 1 is 1.06 bits per heavy atom. The second-order valence-electron chi connectivity index (χ2n) is 8.10. The summed E-state index contributed by atoms with van der Waals surface area (Å²) in [5.41, 5.74) is 0.748. The van der Waals surface area contributed by atoms with E-state index in [1.54, 1.807) is 20.8 Å². The maximum atomic E-state index is 13.5. The monoisotopic (exact) mass is 531 g/mol. The molecular weight excluding hydrogens is 504 g/mol.